The number of rotatable bonds is 9. The zero-order chi connectivity index (χ0) is 25.2. The van der Waals surface area contributed by atoms with Crippen LogP contribution in [0.5, 0.6) is 11.5 Å². The summed E-state index contributed by atoms with van der Waals surface area (Å²) < 4.78 is 38.9. The Balaban J connectivity index is 0.00000320. The molecule has 6 nitrogen and oxygen atoms in total. The van der Waals surface area contributed by atoms with Gasteiger partial charge in [0.1, 0.15) is 18.1 Å². The quantitative estimate of drug-likeness (QED) is 0.340. The van der Waals surface area contributed by atoms with Gasteiger partial charge in [-0.2, -0.15) is 0 Å². The van der Waals surface area contributed by atoms with Gasteiger partial charge in [-0.1, -0.05) is 42.3 Å². The Bertz CT molecular complexity index is 1330. The summed E-state index contributed by atoms with van der Waals surface area (Å²) in [6.07, 6.45) is 4.44. The number of nitrogens with one attached hydrogen (secondary N) is 2. The first-order chi connectivity index (χ1) is 17.4. The summed E-state index contributed by atoms with van der Waals surface area (Å²) in [7, 11) is -2.14. The molecule has 1 fully saturated rings. The summed E-state index contributed by atoms with van der Waals surface area (Å²) in [6.45, 7) is 1.33. The van der Waals surface area contributed by atoms with Gasteiger partial charge in [-0.15, -0.1) is 12.4 Å². The Kier molecular flexibility index (Phi) is 8.71. The second-order valence-corrected chi connectivity index (χ2v) is 11.6. The first kappa shape index (κ1) is 27.7. The molecule has 9 heteroatoms. The Labute approximate surface area is 230 Å². The van der Waals surface area contributed by atoms with Crippen molar-refractivity contribution in [1.82, 2.24) is 10.0 Å². The molecule has 0 radical (unpaired) electrons. The maximum Gasteiger partial charge on any atom is 0.240 e. The Morgan fingerprint density at radius 3 is 2.54 bits per heavy atom. The van der Waals surface area contributed by atoms with Gasteiger partial charge in [0.05, 0.1) is 12.0 Å². The van der Waals surface area contributed by atoms with Gasteiger partial charge < -0.3 is 14.8 Å². The van der Waals surface area contributed by atoms with Crippen LogP contribution in [-0.4, -0.2) is 35.2 Å². The van der Waals surface area contributed by atoms with Crippen molar-refractivity contribution in [1.29, 1.82) is 0 Å². The number of benzene rings is 3. The monoisotopic (exact) mass is 562 g/mol. The molecule has 1 aliphatic carbocycles. The molecular weight excluding hydrogens is 531 g/mol. The first-order valence-corrected chi connectivity index (χ1v) is 14.2. The molecule has 1 aliphatic heterocycles. The fourth-order valence-corrected chi connectivity index (χ4v) is 6.57. The number of hydrogen-bond acceptors (Lipinski definition) is 5. The van der Waals surface area contributed by atoms with Crippen molar-refractivity contribution in [2.45, 2.75) is 42.0 Å². The van der Waals surface area contributed by atoms with Crippen molar-refractivity contribution in [3.05, 3.63) is 88.4 Å². The molecule has 5 rings (SSSR count). The smallest absolute Gasteiger partial charge is 0.240 e. The van der Waals surface area contributed by atoms with E-state index in [1.165, 1.54) is 36.3 Å². The van der Waals surface area contributed by atoms with Gasteiger partial charge in [-0.05, 0) is 78.9 Å². The van der Waals surface area contributed by atoms with Gasteiger partial charge >= 0.3 is 0 Å². The van der Waals surface area contributed by atoms with Gasteiger partial charge in [-0.25, -0.2) is 13.1 Å². The van der Waals surface area contributed by atoms with Gasteiger partial charge in [-0.3, -0.25) is 0 Å². The van der Waals surface area contributed by atoms with E-state index in [-0.39, 0.29) is 41.9 Å². The molecule has 0 bridgehead atoms. The lowest BCUT2D eigenvalue weighted by Gasteiger charge is -2.50. The average molecular weight is 564 g/mol. The topological polar surface area (TPSA) is 76.7 Å². The predicted octanol–water partition coefficient (Wildman–Crippen LogP) is 5.44. The van der Waals surface area contributed by atoms with Crippen molar-refractivity contribution < 1.29 is 17.9 Å². The van der Waals surface area contributed by atoms with Crippen LogP contribution in [0.3, 0.4) is 0 Å². The van der Waals surface area contributed by atoms with Crippen molar-refractivity contribution in [3.63, 3.8) is 0 Å². The van der Waals surface area contributed by atoms with Crippen LogP contribution in [0, 0.1) is 0 Å². The minimum atomic E-state index is -3.65. The molecule has 1 heterocycles. The molecule has 0 saturated heterocycles. The summed E-state index contributed by atoms with van der Waals surface area (Å²) in [5.74, 6) is 1.24. The van der Waals surface area contributed by atoms with Crippen LogP contribution in [-0.2, 0) is 21.9 Å². The fraction of sp³-hybridized carbons (Fsp3) is 0.357. The molecule has 1 saturated carbocycles. The molecule has 0 spiro atoms. The third-order valence-corrected chi connectivity index (χ3v) is 9.11. The number of fused-ring (bicyclic) bond motifs is 1. The van der Waals surface area contributed by atoms with Crippen LogP contribution < -0.4 is 19.5 Å². The predicted molar refractivity (Wildman–Crippen MR) is 149 cm³/mol. The van der Waals surface area contributed by atoms with Gasteiger partial charge in [0.2, 0.25) is 10.0 Å². The maximum absolute atomic E-state index is 12.6. The van der Waals surface area contributed by atoms with Crippen LogP contribution in [0.15, 0.2) is 71.6 Å². The molecule has 0 aromatic heterocycles. The van der Waals surface area contributed by atoms with E-state index in [1.807, 2.05) is 18.2 Å². The standard InChI is InChI=1S/C28H31ClN2O4S.ClH/c1-34-23-4-2-5-25(18-23)36(32,33)31-16-17-35-24-11-6-20-12-15-30-27(26(20)19-24)28(13-3-14-28)21-7-9-22(29)10-8-21;/h2,4-11,18-19,27,30-31H,3,12-17H2,1H3;1H. The number of ether oxygens (including phenoxy) is 2. The van der Waals surface area contributed by atoms with Crippen molar-refractivity contribution in [2.75, 3.05) is 26.8 Å². The summed E-state index contributed by atoms with van der Waals surface area (Å²) in [5, 5.41) is 4.54. The minimum absolute atomic E-state index is 0. The molecule has 3 aromatic rings. The van der Waals surface area contributed by atoms with E-state index < -0.39 is 10.0 Å². The maximum atomic E-state index is 12.6. The summed E-state index contributed by atoms with van der Waals surface area (Å²) >= 11 is 6.17. The highest BCUT2D eigenvalue weighted by molar-refractivity contribution is 7.89. The summed E-state index contributed by atoms with van der Waals surface area (Å²) in [6, 6.07) is 21.1. The summed E-state index contributed by atoms with van der Waals surface area (Å²) in [5.41, 5.74) is 3.97. The zero-order valence-corrected chi connectivity index (χ0v) is 23.1. The van der Waals surface area contributed by atoms with E-state index in [9.17, 15) is 8.42 Å². The lowest BCUT2D eigenvalue weighted by atomic mass is 9.58. The van der Waals surface area contributed by atoms with E-state index >= 15 is 0 Å². The summed E-state index contributed by atoms with van der Waals surface area (Å²) in [4.78, 5) is 0.164. The highest BCUT2D eigenvalue weighted by Crippen LogP contribution is 2.53. The third-order valence-electron chi connectivity index (χ3n) is 7.40. The lowest BCUT2D eigenvalue weighted by Crippen LogP contribution is -2.49. The second kappa shape index (κ2) is 11.6. The highest BCUT2D eigenvalue weighted by atomic mass is 35.5. The zero-order valence-electron chi connectivity index (χ0n) is 20.7. The van der Waals surface area contributed by atoms with Gasteiger partial charge in [0, 0.05) is 29.1 Å². The number of sulfonamides is 1. The molecular formula is C28H32Cl2N2O4S. The second-order valence-electron chi connectivity index (χ2n) is 9.44. The largest absolute Gasteiger partial charge is 0.497 e. The minimum Gasteiger partial charge on any atom is -0.497 e. The lowest BCUT2D eigenvalue weighted by molar-refractivity contribution is 0.164. The van der Waals surface area contributed by atoms with Gasteiger partial charge in [0.15, 0.2) is 0 Å². The van der Waals surface area contributed by atoms with E-state index in [1.54, 1.807) is 18.2 Å². The average Bonchev–Trinajstić information content (AvgIpc) is 2.87. The van der Waals surface area contributed by atoms with Crippen LogP contribution in [0.25, 0.3) is 0 Å². The van der Waals surface area contributed by atoms with Crippen LogP contribution >= 0.6 is 24.0 Å². The Morgan fingerprint density at radius 1 is 1.05 bits per heavy atom. The Morgan fingerprint density at radius 2 is 1.84 bits per heavy atom. The van der Waals surface area contributed by atoms with Crippen molar-refractivity contribution >= 4 is 34.0 Å². The SMILES string of the molecule is COc1cccc(S(=O)(=O)NCCOc2ccc3c(c2)C(C2(c4ccc(Cl)cc4)CCC2)NCC3)c1.Cl. The molecule has 3 aromatic carbocycles. The molecule has 2 N–H and O–H groups in total. The third kappa shape index (κ3) is 5.76. The molecule has 1 unspecified atom stereocenters. The van der Waals surface area contributed by atoms with Crippen molar-refractivity contribution in [2.24, 2.45) is 0 Å². The van der Waals surface area contributed by atoms with Crippen LogP contribution in [0.4, 0.5) is 0 Å². The molecule has 37 heavy (non-hydrogen) atoms. The number of halogens is 2. The van der Waals surface area contributed by atoms with E-state index in [0.29, 0.717) is 5.75 Å². The van der Waals surface area contributed by atoms with E-state index in [2.05, 4.69) is 34.3 Å². The van der Waals surface area contributed by atoms with Gasteiger partial charge in [0.25, 0.3) is 0 Å². The van der Waals surface area contributed by atoms with Crippen LogP contribution in [0.2, 0.25) is 5.02 Å². The Hall–Kier alpha value is -2.29. The first-order valence-electron chi connectivity index (χ1n) is 12.3. The van der Waals surface area contributed by atoms with E-state index in [0.717, 1.165) is 36.6 Å². The molecule has 1 atom stereocenters. The van der Waals surface area contributed by atoms with E-state index in [4.69, 9.17) is 21.1 Å². The molecule has 198 valence electrons. The number of methoxy groups -OCH3 is 1. The van der Waals surface area contributed by atoms with Crippen molar-refractivity contribution in [3.8, 4) is 11.5 Å². The number of hydrogen-bond donors (Lipinski definition) is 2. The molecule has 2 aliphatic rings. The fourth-order valence-electron chi connectivity index (χ4n) is 5.39. The van der Waals surface area contributed by atoms with Crippen LogP contribution in [0.1, 0.15) is 42.0 Å². The highest BCUT2D eigenvalue weighted by Gasteiger charge is 2.47. The molecule has 0 amide bonds. The normalized spacial score (nSPS) is 18.2.